The number of pyridine rings is 1. The number of halogens is 1. The Labute approximate surface area is 94.4 Å². The van der Waals surface area contributed by atoms with Gasteiger partial charge in [0, 0.05) is 23.9 Å². The molecule has 80 valence electrons. The Morgan fingerprint density at radius 1 is 1.53 bits per heavy atom. The Balaban J connectivity index is 2.87. The quantitative estimate of drug-likeness (QED) is 0.445. The number of allylic oxidation sites excluding steroid dienone is 1. The summed E-state index contributed by atoms with van der Waals surface area (Å²) in [4.78, 5) is 16.8. The van der Waals surface area contributed by atoms with Crippen LogP contribution in [-0.4, -0.2) is 36.8 Å². The largest absolute Gasteiger partial charge is 0.306 e. The van der Waals surface area contributed by atoms with Gasteiger partial charge >= 0.3 is 0 Å². The minimum atomic E-state index is 0.427. The Kier molecular flexibility index (Phi) is 4.46. The summed E-state index contributed by atoms with van der Waals surface area (Å²) in [5, 5.41) is 0.427. The predicted molar refractivity (Wildman–Crippen MR) is 61.8 cm³/mol. The highest BCUT2D eigenvalue weighted by Crippen LogP contribution is 2.13. The average Bonchev–Trinajstić information content (AvgIpc) is 2.21. The van der Waals surface area contributed by atoms with Crippen molar-refractivity contribution >= 4 is 23.5 Å². The Morgan fingerprint density at radius 3 is 2.73 bits per heavy atom. The minimum absolute atomic E-state index is 0.427. The van der Waals surface area contributed by atoms with E-state index >= 15 is 0 Å². The van der Waals surface area contributed by atoms with Crippen LogP contribution in [0.2, 0.25) is 5.15 Å². The van der Waals surface area contributed by atoms with Gasteiger partial charge in [-0.25, -0.2) is 4.98 Å². The van der Waals surface area contributed by atoms with Gasteiger partial charge in [0.1, 0.15) is 11.4 Å². The van der Waals surface area contributed by atoms with Gasteiger partial charge in [0.15, 0.2) is 0 Å². The van der Waals surface area contributed by atoms with Crippen molar-refractivity contribution in [1.29, 1.82) is 0 Å². The van der Waals surface area contributed by atoms with E-state index in [0.717, 1.165) is 18.4 Å². The maximum Gasteiger partial charge on any atom is 0.150 e. The Hall–Kier alpha value is -1.19. The van der Waals surface area contributed by atoms with Crippen LogP contribution in [0.25, 0.3) is 5.57 Å². The van der Waals surface area contributed by atoms with E-state index in [1.807, 2.05) is 25.1 Å². The lowest BCUT2D eigenvalue weighted by Crippen LogP contribution is -2.11. The lowest BCUT2D eigenvalue weighted by molar-refractivity contribution is -0.103. The van der Waals surface area contributed by atoms with Crippen molar-refractivity contribution in [2.75, 3.05) is 20.6 Å². The van der Waals surface area contributed by atoms with Gasteiger partial charge in [-0.2, -0.15) is 0 Å². The first-order chi connectivity index (χ1) is 7.13. The molecule has 0 aliphatic rings. The second-order valence-electron chi connectivity index (χ2n) is 3.41. The molecule has 0 aliphatic carbocycles. The highest BCUT2D eigenvalue weighted by atomic mass is 35.5. The molecule has 0 saturated heterocycles. The molecule has 1 aromatic rings. The zero-order valence-corrected chi connectivity index (χ0v) is 9.53. The second-order valence-corrected chi connectivity index (χ2v) is 3.80. The molecule has 0 atom stereocenters. The number of hydrogen-bond acceptors (Lipinski definition) is 3. The molecule has 1 heterocycles. The number of nitrogens with zero attached hydrogens (tertiary/aromatic N) is 2. The number of rotatable bonds is 4. The minimum Gasteiger partial charge on any atom is -0.306 e. The average molecular weight is 225 g/mol. The number of carbonyl (C=O) groups is 1. The molecule has 3 nitrogen and oxygen atoms in total. The van der Waals surface area contributed by atoms with Crippen LogP contribution in [0.3, 0.4) is 0 Å². The monoisotopic (exact) mass is 224 g/mol. The van der Waals surface area contributed by atoms with E-state index in [4.69, 9.17) is 11.6 Å². The van der Waals surface area contributed by atoms with Crippen LogP contribution in [0.1, 0.15) is 5.56 Å². The van der Waals surface area contributed by atoms with Crippen LogP contribution in [0.5, 0.6) is 0 Å². The molecule has 0 aliphatic heterocycles. The number of carbonyl (C=O) groups excluding carboxylic acids is 1. The molecule has 15 heavy (non-hydrogen) atoms. The fourth-order valence-corrected chi connectivity index (χ4v) is 1.17. The lowest BCUT2D eigenvalue weighted by atomic mass is 10.1. The summed E-state index contributed by atoms with van der Waals surface area (Å²) < 4.78 is 0. The summed E-state index contributed by atoms with van der Waals surface area (Å²) in [6, 6.07) is 3.45. The Morgan fingerprint density at radius 2 is 2.27 bits per heavy atom. The van der Waals surface area contributed by atoms with Gasteiger partial charge in [-0.05, 0) is 26.2 Å². The molecule has 1 aromatic heterocycles. The maximum atomic E-state index is 10.9. The lowest BCUT2D eigenvalue weighted by Gasteiger charge is -2.06. The summed E-state index contributed by atoms with van der Waals surface area (Å²) in [5.41, 5.74) is 1.42. The molecule has 0 bridgehead atoms. The first-order valence-corrected chi connectivity index (χ1v) is 4.93. The van der Waals surface area contributed by atoms with Gasteiger partial charge in [0.05, 0.1) is 0 Å². The van der Waals surface area contributed by atoms with Crippen LogP contribution in [0.4, 0.5) is 0 Å². The molecular formula is C11H13ClN2O. The highest BCUT2D eigenvalue weighted by Gasteiger charge is 2.00. The third-order valence-electron chi connectivity index (χ3n) is 1.86. The van der Waals surface area contributed by atoms with Gasteiger partial charge < -0.3 is 4.90 Å². The third-order valence-corrected chi connectivity index (χ3v) is 2.09. The van der Waals surface area contributed by atoms with Crippen molar-refractivity contribution in [3.05, 3.63) is 35.1 Å². The van der Waals surface area contributed by atoms with Crippen molar-refractivity contribution in [2.45, 2.75) is 0 Å². The molecule has 0 amide bonds. The number of aldehydes is 1. The summed E-state index contributed by atoms with van der Waals surface area (Å²) in [5.74, 6) is 0. The molecule has 0 aromatic carbocycles. The van der Waals surface area contributed by atoms with Gasteiger partial charge in [-0.3, -0.25) is 4.79 Å². The zero-order valence-electron chi connectivity index (χ0n) is 8.77. The van der Waals surface area contributed by atoms with E-state index in [1.54, 1.807) is 18.3 Å². The van der Waals surface area contributed by atoms with Crippen LogP contribution in [0, 0.1) is 0 Å². The molecule has 4 heteroatoms. The van der Waals surface area contributed by atoms with Crippen molar-refractivity contribution in [3.8, 4) is 0 Å². The van der Waals surface area contributed by atoms with Crippen LogP contribution >= 0.6 is 11.6 Å². The first-order valence-electron chi connectivity index (χ1n) is 4.55. The van der Waals surface area contributed by atoms with E-state index in [1.165, 1.54) is 0 Å². The van der Waals surface area contributed by atoms with Gasteiger partial charge in [0.2, 0.25) is 0 Å². The molecule has 0 radical (unpaired) electrons. The third kappa shape index (κ3) is 3.81. The number of aromatic nitrogens is 1. The van der Waals surface area contributed by atoms with Crippen LogP contribution < -0.4 is 0 Å². The van der Waals surface area contributed by atoms with Crippen molar-refractivity contribution < 1.29 is 4.79 Å². The standard InChI is InChI=1S/C11H13ClN2O/c1-14(2)6-5-10(8-15)9-3-4-11(12)13-7-9/h3-5,7-8H,6H2,1-2H3. The fourth-order valence-electron chi connectivity index (χ4n) is 1.06. The summed E-state index contributed by atoms with van der Waals surface area (Å²) >= 11 is 5.66. The topological polar surface area (TPSA) is 33.2 Å². The van der Waals surface area contributed by atoms with Gasteiger partial charge in [-0.1, -0.05) is 17.7 Å². The van der Waals surface area contributed by atoms with Crippen molar-refractivity contribution in [2.24, 2.45) is 0 Å². The van der Waals surface area contributed by atoms with Crippen LogP contribution in [0.15, 0.2) is 24.4 Å². The van der Waals surface area contributed by atoms with Crippen molar-refractivity contribution in [1.82, 2.24) is 9.88 Å². The molecule has 0 fully saturated rings. The van der Waals surface area contributed by atoms with E-state index in [-0.39, 0.29) is 0 Å². The molecule has 0 spiro atoms. The second kappa shape index (κ2) is 5.63. The zero-order chi connectivity index (χ0) is 11.3. The van der Waals surface area contributed by atoms with Crippen molar-refractivity contribution in [3.63, 3.8) is 0 Å². The van der Waals surface area contributed by atoms with E-state index in [9.17, 15) is 4.79 Å². The Bertz CT molecular complexity index is 357. The summed E-state index contributed by atoms with van der Waals surface area (Å²) in [6.45, 7) is 0.719. The van der Waals surface area contributed by atoms with E-state index < -0.39 is 0 Å². The van der Waals surface area contributed by atoms with Crippen LogP contribution in [-0.2, 0) is 4.79 Å². The maximum absolute atomic E-state index is 10.9. The molecular weight excluding hydrogens is 212 g/mol. The number of likely N-dealkylation sites (N-methyl/N-ethyl adjacent to an activating group) is 1. The molecule has 1 rings (SSSR count). The van der Waals surface area contributed by atoms with Gasteiger partial charge in [-0.15, -0.1) is 0 Å². The predicted octanol–water partition coefficient (Wildman–Crippen LogP) is 1.88. The molecule has 0 N–H and O–H groups in total. The van der Waals surface area contributed by atoms with Gasteiger partial charge in [0.25, 0.3) is 0 Å². The van der Waals surface area contributed by atoms with E-state index in [2.05, 4.69) is 4.98 Å². The number of hydrogen-bond donors (Lipinski definition) is 0. The smallest absolute Gasteiger partial charge is 0.150 e. The summed E-state index contributed by atoms with van der Waals surface area (Å²) in [6.07, 6.45) is 4.28. The first kappa shape index (κ1) is 11.9. The normalized spacial score (nSPS) is 11.9. The SMILES string of the molecule is CN(C)CC=C(C=O)c1ccc(Cl)nc1. The molecule has 0 unspecified atom stereocenters. The summed E-state index contributed by atoms with van der Waals surface area (Å²) in [7, 11) is 3.89. The fraction of sp³-hybridized carbons (Fsp3) is 0.273. The molecule has 0 saturated carbocycles. The highest BCUT2D eigenvalue weighted by molar-refractivity contribution is 6.29. The van der Waals surface area contributed by atoms with E-state index in [0.29, 0.717) is 10.7 Å².